The lowest BCUT2D eigenvalue weighted by Crippen LogP contribution is -2.34. The first-order valence-electron chi connectivity index (χ1n) is 9.10. The number of nitrogens with one attached hydrogen (secondary N) is 1. The zero-order valence-electron chi connectivity index (χ0n) is 14.8. The van der Waals surface area contributed by atoms with Crippen molar-refractivity contribution in [2.45, 2.75) is 25.3 Å². The van der Waals surface area contributed by atoms with Gasteiger partial charge in [0.15, 0.2) is 0 Å². The summed E-state index contributed by atoms with van der Waals surface area (Å²) in [6.45, 7) is 2.29. The summed E-state index contributed by atoms with van der Waals surface area (Å²) in [5.74, 6) is -0.782. The van der Waals surface area contributed by atoms with Crippen molar-refractivity contribution in [2.24, 2.45) is 0 Å². The fourth-order valence-electron chi connectivity index (χ4n) is 3.88. The Bertz CT molecular complexity index is 920. The number of rotatable bonds is 4. The first-order chi connectivity index (χ1) is 13.1. The summed E-state index contributed by atoms with van der Waals surface area (Å²) >= 11 is 0. The van der Waals surface area contributed by atoms with Crippen LogP contribution < -0.4 is 0 Å². The Morgan fingerprint density at radius 1 is 1.11 bits per heavy atom. The number of aromatic nitrogens is 2. The average molecular weight is 369 g/mol. The standard InChI is InChI=1S/C21H21F2N3O/c22-17-7-3-8-18(23)20(17)16-11-24-25-21(16)15-6-4-10-26(13-15)12-14-5-1-2-9-19(14)27/h1-3,5,7-9,11,15,27H,4,6,10,12-13H2,(H,24,25). The van der Waals surface area contributed by atoms with Gasteiger partial charge in [-0.2, -0.15) is 5.10 Å². The van der Waals surface area contributed by atoms with Crippen molar-refractivity contribution >= 4 is 0 Å². The summed E-state index contributed by atoms with van der Waals surface area (Å²) in [6, 6.07) is 11.2. The molecule has 0 spiro atoms. The molecule has 1 saturated heterocycles. The second-order valence-corrected chi connectivity index (χ2v) is 7.00. The summed E-state index contributed by atoms with van der Waals surface area (Å²) in [4.78, 5) is 2.26. The normalized spacial score (nSPS) is 17.9. The number of aromatic hydroxyl groups is 1. The minimum absolute atomic E-state index is 0.0286. The van der Waals surface area contributed by atoms with Crippen LogP contribution in [0, 0.1) is 11.6 Å². The first-order valence-corrected chi connectivity index (χ1v) is 9.10. The van der Waals surface area contributed by atoms with E-state index >= 15 is 0 Å². The third-order valence-electron chi connectivity index (χ3n) is 5.20. The molecule has 0 amide bonds. The van der Waals surface area contributed by atoms with E-state index in [0.29, 0.717) is 12.1 Å². The van der Waals surface area contributed by atoms with Gasteiger partial charge in [-0.3, -0.25) is 10.00 Å². The molecule has 0 aliphatic carbocycles. The van der Waals surface area contributed by atoms with Gasteiger partial charge < -0.3 is 5.11 Å². The molecule has 1 atom stereocenters. The van der Waals surface area contributed by atoms with E-state index in [1.165, 1.54) is 24.4 Å². The number of aromatic amines is 1. The monoisotopic (exact) mass is 369 g/mol. The van der Waals surface area contributed by atoms with Crippen molar-refractivity contribution in [3.63, 3.8) is 0 Å². The molecule has 0 bridgehead atoms. The summed E-state index contributed by atoms with van der Waals surface area (Å²) in [6.07, 6.45) is 3.39. The Morgan fingerprint density at radius 2 is 1.89 bits per heavy atom. The maximum atomic E-state index is 14.2. The van der Waals surface area contributed by atoms with E-state index in [9.17, 15) is 13.9 Å². The van der Waals surface area contributed by atoms with Gasteiger partial charge in [-0.15, -0.1) is 0 Å². The van der Waals surface area contributed by atoms with Crippen molar-refractivity contribution < 1.29 is 13.9 Å². The molecule has 1 unspecified atom stereocenters. The summed E-state index contributed by atoms with van der Waals surface area (Å²) < 4.78 is 28.5. The molecule has 2 heterocycles. The SMILES string of the molecule is Oc1ccccc1CN1CCCC(c2[nH]ncc2-c2c(F)cccc2F)C1. The number of nitrogens with zero attached hydrogens (tertiary/aromatic N) is 2. The number of likely N-dealkylation sites (tertiary alicyclic amines) is 1. The van der Waals surface area contributed by atoms with Crippen LogP contribution in [0.3, 0.4) is 0 Å². The Balaban J connectivity index is 1.58. The van der Waals surface area contributed by atoms with Crippen molar-refractivity contribution in [1.29, 1.82) is 0 Å². The van der Waals surface area contributed by atoms with Gasteiger partial charge in [0.1, 0.15) is 17.4 Å². The quantitative estimate of drug-likeness (QED) is 0.715. The van der Waals surface area contributed by atoms with Crippen LogP contribution in [0.2, 0.25) is 0 Å². The second-order valence-electron chi connectivity index (χ2n) is 7.00. The fourth-order valence-corrected chi connectivity index (χ4v) is 3.88. The highest BCUT2D eigenvalue weighted by atomic mass is 19.1. The Kier molecular flexibility index (Phi) is 4.90. The smallest absolute Gasteiger partial charge is 0.134 e. The number of piperidine rings is 1. The second kappa shape index (κ2) is 7.48. The van der Waals surface area contributed by atoms with Crippen molar-refractivity contribution in [2.75, 3.05) is 13.1 Å². The number of benzene rings is 2. The highest BCUT2D eigenvalue weighted by molar-refractivity contribution is 5.67. The van der Waals surface area contributed by atoms with Crippen LogP contribution in [0.4, 0.5) is 8.78 Å². The maximum Gasteiger partial charge on any atom is 0.134 e. The Hall–Kier alpha value is -2.73. The number of para-hydroxylation sites is 1. The third kappa shape index (κ3) is 3.57. The van der Waals surface area contributed by atoms with E-state index in [0.717, 1.165) is 37.2 Å². The van der Waals surface area contributed by atoms with Crippen LogP contribution in [0.5, 0.6) is 5.75 Å². The Labute approximate surface area is 156 Å². The topological polar surface area (TPSA) is 52.1 Å². The number of H-pyrrole nitrogens is 1. The predicted molar refractivity (Wildman–Crippen MR) is 99.3 cm³/mol. The minimum Gasteiger partial charge on any atom is -0.508 e. The number of hydrogen-bond acceptors (Lipinski definition) is 3. The van der Waals surface area contributed by atoms with Gasteiger partial charge in [0, 0.05) is 35.8 Å². The molecular weight excluding hydrogens is 348 g/mol. The van der Waals surface area contributed by atoms with Crippen LogP contribution in [-0.4, -0.2) is 33.3 Å². The zero-order chi connectivity index (χ0) is 18.8. The van der Waals surface area contributed by atoms with E-state index in [1.807, 2.05) is 12.1 Å². The van der Waals surface area contributed by atoms with Crippen molar-refractivity contribution in [3.8, 4) is 16.9 Å². The summed E-state index contributed by atoms with van der Waals surface area (Å²) in [5, 5.41) is 17.0. The molecule has 0 radical (unpaired) electrons. The van der Waals surface area contributed by atoms with Gasteiger partial charge in [0.05, 0.1) is 11.8 Å². The minimum atomic E-state index is -0.584. The molecule has 2 N–H and O–H groups in total. The van der Waals surface area contributed by atoms with Gasteiger partial charge in [-0.25, -0.2) is 8.78 Å². The highest BCUT2D eigenvalue weighted by Gasteiger charge is 2.27. The van der Waals surface area contributed by atoms with Gasteiger partial charge in [0.25, 0.3) is 0 Å². The lowest BCUT2D eigenvalue weighted by Gasteiger charge is -2.32. The van der Waals surface area contributed by atoms with E-state index in [1.54, 1.807) is 12.1 Å². The first kappa shape index (κ1) is 17.7. The molecule has 1 aliphatic rings. The van der Waals surface area contributed by atoms with Crippen molar-refractivity contribution in [1.82, 2.24) is 15.1 Å². The lowest BCUT2D eigenvalue weighted by atomic mass is 9.90. The number of hydrogen-bond donors (Lipinski definition) is 2. The number of phenolic OH excluding ortho intramolecular Hbond substituents is 1. The third-order valence-corrected chi connectivity index (χ3v) is 5.20. The number of halogens is 2. The average Bonchev–Trinajstić information content (AvgIpc) is 3.13. The van der Waals surface area contributed by atoms with Crippen LogP contribution in [-0.2, 0) is 6.54 Å². The molecule has 6 heteroatoms. The molecule has 4 nitrogen and oxygen atoms in total. The van der Waals surface area contributed by atoms with E-state index in [4.69, 9.17) is 0 Å². The molecule has 2 aromatic carbocycles. The summed E-state index contributed by atoms with van der Waals surface area (Å²) in [7, 11) is 0. The molecule has 27 heavy (non-hydrogen) atoms. The maximum absolute atomic E-state index is 14.2. The van der Waals surface area contributed by atoms with Crippen LogP contribution in [0.1, 0.15) is 30.0 Å². The van der Waals surface area contributed by atoms with Gasteiger partial charge in [-0.1, -0.05) is 24.3 Å². The molecule has 4 rings (SSSR count). The van der Waals surface area contributed by atoms with Gasteiger partial charge in [-0.05, 0) is 37.6 Å². The lowest BCUT2D eigenvalue weighted by molar-refractivity contribution is 0.197. The molecular formula is C21H21F2N3O. The predicted octanol–water partition coefficient (Wildman–Crippen LogP) is 4.44. The van der Waals surface area contributed by atoms with E-state index in [-0.39, 0.29) is 17.2 Å². The fraction of sp³-hybridized carbons (Fsp3) is 0.286. The molecule has 3 aromatic rings. The number of phenols is 1. The van der Waals surface area contributed by atoms with E-state index < -0.39 is 11.6 Å². The molecule has 140 valence electrons. The van der Waals surface area contributed by atoms with Crippen molar-refractivity contribution in [3.05, 3.63) is 71.6 Å². The largest absolute Gasteiger partial charge is 0.508 e. The van der Waals surface area contributed by atoms with Gasteiger partial charge in [0.2, 0.25) is 0 Å². The van der Waals surface area contributed by atoms with Crippen LogP contribution in [0.15, 0.2) is 48.7 Å². The Morgan fingerprint density at radius 3 is 2.67 bits per heavy atom. The van der Waals surface area contributed by atoms with Crippen LogP contribution in [0.25, 0.3) is 11.1 Å². The molecule has 1 aromatic heterocycles. The zero-order valence-corrected chi connectivity index (χ0v) is 14.8. The molecule has 0 saturated carbocycles. The highest BCUT2D eigenvalue weighted by Crippen LogP contribution is 2.36. The van der Waals surface area contributed by atoms with Crippen LogP contribution >= 0.6 is 0 Å². The molecule has 1 aliphatic heterocycles. The van der Waals surface area contributed by atoms with Gasteiger partial charge >= 0.3 is 0 Å². The molecule has 1 fully saturated rings. The van der Waals surface area contributed by atoms with E-state index in [2.05, 4.69) is 15.1 Å². The summed E-state index contributed by atoms with van der Waals surface area (Å²) in [5.41, 5.74) is 2.10.